The molecule has 106 valence electrons. The third-order valence-electron chi connectivity index (χ3n) is 2.43. The molecule has 6 heteroatoms. The molecule has 0 saturated heterocycles. The molecule has 19 heavy (non-hydrogen) atoms. The molecule has 0 heterocycles. The van der Waals surface area contributed by atoms with Crippen molar-refractivity contribution in [1.82, 2.24) is 5.32 Å². The zero-order chi connectivity index (χ0) is 14.5. The molecular formula is C13H18F3N3. The number of hydrogen-bond acceptors (Lipinski definition) is 1. The Morgan fingerprint density at radius 1 is 1.32 bits per heavy atom. The number of benzene rings is 1. The first-order valence-electron chi connectivity index (χ1n) is 5.99. The van der Waals surface area contributed by atoms with Crippen LogP contribution >= 0.6 is 0 Å². The van der Waals surface area contributed by atoms with Gasteiger partial charge in [-0.2, -0.15) is 13.2 Å². The summed E-state index contributed by atoms with van der Waals surface area (Å²) in [4.78, 5) is 3.92. The highest BCUT2D eigenvalue weighted by Crippen LogP contribution is 2.32. The van der Waals surface area contributed by atoms with Gasteiger partial charge in [0.15, 0.2) is 5.96 Å². The fourth-order valence-electron chi connectivity index (χ4n) is 1.47. The van der Waals surface area contributed by atoms with Crippen LogP contribution in [-0.2, 0) is 12.7 Å². The van der Waals surface area contributed by atoms with Gasteiger partial charge in [-0.1, -0.05) is 32.0 Å². The number of nitrogens with two attached hydrogens (primary N) is 1. The Balaban J connectivity index is 2.75. The molecule has 1 aromatic rings. The third-order valence-corrected chi connectivity index (χ3v) is 2.43. The highest BCUT2D eigenvalue weighted by molar-refractivity contribution is 5.77. The predicted octanol–water partition coefficient (Wildman–Crippen LogP) is 2.77. The van der Waals surface area contributed by atoms with Gasteiger partial charge in [0.2, 0.25) is 0 Å². The van der Waals surface area contributed by atoms with Gasteiger partial charge < -0.3 is 11.1 Å². The number of alkyl halides is 3. The number of aliphatic imine (C=N–C) groups is 1. The van der Waals surface area contributed by atoms with E-state index in [1.165, 1.54) is 12.1 Å². The Bertz CT molecular complexity index is 439. The Labute approximate surface area is 110 Å². The highest BCUT2D eigenvalue weighted by Gasteiger charge is 2.32. The molecule has 0 unspecified atom stereocenters. The first-order valence-corrected chi connectivity index (χ1v) is 5.99. The van der Waals surface area contributed by atoms with Gasteiger partial charge in [-0.3, -0.25) is 0 Å². The second kappa shape index (κ2) is 6.45. The molecule has 3 nitrogen and oxygen atoms in total. The summed E-state index contributed by atoms with van der Waals surface area (Å²) in [5.41, 5.74) is 5.03. The van der Waals surface area contributed by atoms with Gasteiger partial charge in [0.25, 0.3) is 0 Å². The van der Waals surface area contributed by atoms with Crippen molar-refractivity contribution in [1.29, 1.82) is 0 Å². The molecule has 0 bridgehead atoms. The van der Waals surface area contributed by atoms with Crippen LogP contribution < -0.4 is 11.1 Å². The van der Waals surface area contributed by atoms with Crippen molar-refractivity contribution in [3.05, 3.63) is 35.4 Å². The lowest BCUT2D eigenvalue weighted by Crippen LogP contribution is -2.34. The maximum Gasteiger partial charge on any atom is 0.416 e. The molecule has 0 saturated carbocycles. The second-order valence-corrected chi connectivity index (χ2v) is 4.63. The van der Waals surface area contributed by atoms with Gasteiger partial charge in [-0.05, 0) is 17.5 Å². The van der Waals surface area contributed by atoms with E-state index in [9.17, 15) is 13.2 Å². The summed E-state index contributed by atoms with van der Waals surface area (Å²) in [7, 11) is 0. The normalized spacial score (nSPS) is 12.8. The minimum absolute atomic E-state index is 0.0907. The summed E-state index contributed by atoms with van der Waals surface area (Å²) >= 11 is 0. The van der Waals surface area contributed by atoms with Crippen molar-refractivity contribution in [2.24, 2.45) is 16.6 Å². The predicted molar refractivity (Wildman–Crippen MR) is 69.6 cm³/mol. The standard InChI is InChI=1S/C13H18F3N3/c1-9(2)7-18-12(17)19-8-10-5-3-4-6-11(10)13(14,15)16/h3-6,9H,7-8H2,1-2H3,(H3,17,18,19). The van der Waals surface area contributed by atoms with Crippen molar-refractivity contribution in [2.75, 3.05) is 6.54 Å². The number of halogens is 3. The zero-order valence-corrected chi connectivity index (χ0v) is 11.0. The molecule has 1 aromatic carbocycles. The van der Waals surface area contributed by atoms with E-state index in [1.807, 2.05) is 13.8 Å². The number of nitrogens with one attached hydrogen (secondary N) is 1. The van der Waals surface area contributed by atoms with Crippen LogP contribution in [0.4, 0.5) is 13.2 Å². The monoisotopic (exact) mass is 273 g/mol. The van der Waals surface area contributed by atoms with Gasteiger partial charge in [0.05, 0.1) is 12.1 Å². The van der Waals surface area contributed by atoms with E-state index in [-0.39, 0.29) is 18.1 Å². The zero-order valence-electron chi connectivity index (χ0n) is 11.0. The molecule has 0 aromatic heterocycles. The smallest absolute Gasteiger partial charge is 0.370 e. The van der Waals surface area contributed by atoms with E-state index in [0.29, 0.717) is 12.5 Å². The van der Waals surface area contributed by atoms with Crippen LogP contribution in [0.25, 0.3) is 0 Å². The van der Waals surface area contributed by atoms with Crippen LogP contribution in [0, 0.1) is 5.92 Å². The molecule has 0 radical (unpaired) electrons. The van der Waals surface area contributed by atoms with Crippen molar-refractivity contribution < 1.29 is 13.2 Å². The van der Waals surface area contributed by atoms with Gasteiger partial charge in [-0.15, -0.1) is 0 Å². The molecule has 0 aliphatic carbocycles. The molecule has 1 rings (SSSR count). The quantitative estimate of drug-likeness (QED) is 0.654. The lowest BCUT2D eigenvalue weighted by Gasteiger charge is -2.12. The van der Waals surface area contributed by atoms with E-state index in [2.05, 4.69) is 10.3 Å². The maximum atomic E-state index is 12.7. The van der Waals surface area contributed by atoms with Crippen LogP contribution in [0.1, 0.15) is 25.0 Å². The molecule has 0 aliphatic rings. The number of nitrogens with zero attached hydrogens (tertiary/aromatic N) is 1. The SMILES string of the molecule is CC(C)CNC(N)=NCc1ccccc1C(F)(F)F. The van der Waals surface area contributed by atoms with Crippen molar-refractivity contribution in [3.63, 3.8) is 0 Å². The first-order chi connectivity index (χ1) is 8.80. The van der Waals surface area contributed by atoms with Crippen LogP contribution in [0.2, 0.25) is 0 Å². The van der Waals surface area contributed by atoms with Gasteiger partial charge in [-0.25, -0.2) is 4.99 Å². The molecule has 0 spiro atoms. The molecular weight excluding hydrogens is 255 g/mol. The Morgan fingerprint density at radius 2 is 1.95 bits per heavy atom. The van der Waals surface area contributed by atoms with Crippen LogP contribution in [-0.4, -0.2) is 12.5 Å². The van der Waals surface area contributed by atoms with E-state index in [0.717, 1.165) is 6.07 Å². The fourth-order valence-corrected chi connectivity index (χ4v) is 1.47. The molecule has 3 N–H and O–H groups in total. The number of guanidine groups is 1. The lowest BCUT2D eigenvalue weighted by molar-refractivity contribution is -0.138. The summed E-state index contributed by atoms with van der Waals surface area (Å²) in [6.45, 7) is 4.54. The lowest BCUT2D eigenvalue weighted by atomic mass is 10.1. The van der Waals surface area contributed by atoms with E-state index in [1.54, 1.807) is 6.07 Å². The molecule has 0 atom stereocenters. The van der Waals surface area contributed by atoms with Gasteiger partial charge in [0.1, 0.15) is 0 Å². The molecule has 0 amide bonds. The van der Waals surface area contributed by atoms with Crippen LogP contribution in [0.3, 0.4) is 0 Å². The third kappa shape index (κ3) is 5.19. The Kier molecular flexibility index (Phi) is 5.20. The summed E-state index contributed by atoms with van der Waals surface area (Å²) in [6, 6.07) is 5.36. The number of hydrogen-bond donors (Lipinski definition) is 2. The van der Waals surface area contributed by atoms with Crippen molar-refractivity contribution in [3.8, 4) is 0 Å². The molecule has 0 fully saturated rings. The average molecular weight is 273 g/mol. The van der Waals surface area contributed by atoms with E-state index >= 15 is 0 Å². The Hall–Kier alpha value is -1.72. The van der Waals surface area contributed by atoms with Crippen molar-refractivity contribution in [2.45, 2.75) is 26.6 Å². The fraction of sp³-hybridized carbons (Fsp3) is 0.462. The molecule has 0 aliphatic heterocycles. The van der Waals surface area contributed by atoms with Gasteiger partial charge >= 0.3 is 6.18 Å². The van der Waals surface area contributed by atoms with E-state index < -0.39 is 11.7 Å². The summed E-state index contributed by atoms with van der Waals surface area (Å²) < 4.78 is 38.2. The maximum absolute atomic E-state index is 12.7. The first kappa shape index (κ1) is 15.3. The van der Waals surface area contributed by atoms with Crippen LogP contribution in [0.5, 0.6) is 0 Å². The topological polar surface area (TPSA) is 50.4 Å². The van der Waals surface area contributed by atoms with E-state index in [4.69, 9.17) is 5.73 Å². The van der Waals surface area contributed by atoms with Crippen LogP contribution in [0.15, 0.2) is 29.3 Å². The highest BCUT2D eigenvalue weighted by atomic mass is 19.4. The minimum Gasteiger partial charge on any atom is -0.370 e. The summed E-state index contributed by atoms with van der Waals surface area (Å²) in [6.07, 6.45) is -4.37. The van der Waals surface area contributed by atoms with Gasteiger partial charge in [0, 0.05) is 6.54 Å². The largest absolute Gasteiger partial charge is 0.416 e. The Morgan fingerprint density at radius 3 is 2.53 bits per heavy atom. The van der Waals surface area contributed by atoms with Crippen molar-refractivity contribution >= 4 is 5.96 Å². The second-order valence-electron chi connectivity index (χ2n) is 4.63. The number of rotatable bonds is 4. The summed E-state index contributed by atoms with van der Waals surface area (Å²) in [5, 5.41) is 2.86. The minimum atomic E-state index is -4.37. The summed E-state index contributed by atoms with van der Waals surface area (Å²) in [5.74, 6) is 0.543. The average Bonchev–Trinajstić information content (AvgIpc) is 2.33.